The summed E-state index contributed by atoms with van der Waals surface area (Å²) in [4.78, 5) is 17.8. The molecule has 8 aliphatic rings. The Hall–Kier alpha value is -14.8. The Morgan fingerprint density at radius 1 is 0.190 bits per heavy atom. The van der Waals surface area contributed by atoms with E-state index in [0.717, 1.165) is 147 Å². The van der Waals surface area contributed by atoms with E-state index < -0.39 is 0 Å². The van der Waals surface area contributed by atoms with Crippen LogP contribution in [0.2, 0.25) is 0 Å². The van der Waals surface area contributed by atoms with Gasteiger partial charge in [0.1, 0.15) is 23.0 Å². The molecule has 0 unspecified atom stereocenters. The zero-order valence-electron chi connectivity index (χ0n) is 67.8. The summed E-state index contributed by atoms with van der Waals surface area (Å²) in [5.41, 5.74) is 44.6. The largest absolute Gasteiger partial charge is 0.458 e. The molecule has 13 heteroatoms. The lowest BCUT2D eigenvalue weighted by Crippen LogP contribution is -2.70. The van der Waals surface area contributed by atoms with Crippen molar-refractivity contribution in [2.24, 2.45) is 0 Å². The van der Waals surface area contributed by atoms with Gasteiger partial charge in [-0.25, -0.2) is 0 Å². The molecule has 0 atom stereocenters. The number of aryl methyl sites for hydroxylation is 6. The monoisotopic (exact) mass is 1550 g/mol. The Kier molecular flexibility index (Phi) is 15.1. The number of hydrogen-bond donors (Lipinski definition) is 0. The Bertz CT molecular complexity index is 6700. The van der Waals surface area contributed by atoms with Crippen molar-refractivity contribution in [1.29, 1.82) is 0 Å². The smallest absolute Gasteiger partial charge is 0.256 e. The molecule has 25 rings (SSSR count). The summed E-state index contributed by atoms with van der Waals surface area (Å²) in [6, 6.07) is 135. The van der Waals surface area contributed by atoms with Crippen LogP contribution in [-0.2, 0) is 0 Å². The number of nitrogens with zero attached hydrogens (tertiary/aromatic N) is 7. The van der Waals surface area contributed by atoms with Crippen LogP contribution in [0.15, 0.2) is 358 Å². The highest BCUT2D eigenvalue weighted by atomic mass is 16.5. The summed E-state index contributed by atoms with van der Waals surface area (Å²) in [7, 11) is 0. The third-order valence-electron chi connectivity index (χ3n) is 26.6. The van der Waals surface area contributed by atoms with Crippen molar-refractivity contribution < 1.29 is 9.47 Å². The molecular formula is C108H77B4N7O2. The molecule has 568 valence electrons. The minimum Gasteiger partial charge on any atom is -0.458 e. The first-order chi connectivity index (χ1) is 59.5. The van der Waals surface area contributed by atoms with Crippen LogP contribution in [0.25, 0.3) is 0 Å². The van der Waals surface area contributed by atoms with Crippen molar-refractivity contribution in [3.8, 4) is 23.0 Å². The van der Waals surface area contributed by atoms with Crippen LogP contribution < -0.4 is 109 Å². The zero-order valence-corrected chi connectivity index (χ0v) is 67.8. The Labute approximate surface area is 706 Å². The van der Waals surface area contributed by atoms with Gasteiger partial charge in [-0.15, -0.1) is 0 Å². The van der Waals surface area contributed by atoms with Gasteiger partial charge < -0.3 is 43.8 Å². The van der Waals surface area contributed by atoms with Crippen molar-refractivity contribution in [2.75, 3.05) is 34.3 Å². The number of benzene rings is 17. The van der Waals surface area contributed by atoms with Crippen molar-refractivity contribution in [1.82, 2.24) is 0 Å². The van der Waals surface area contributed by atoms with E-state index in [2.05, 4.69) is 434 Å². The maximum Gasteiger partial charge on any atom is 0.256 e. The van der Waals surface area contributed by atoms with Gasteiger partial charge in [-0.1, -0.05) is 228 Å². The molecule has 0 aliphatic carbocycles. The normalized spacial score (nSPS) is 13.7. The lowest BCUT2D eigenvalue weighted by Gasteiger charge is -2.51. The van der Waals surface area contributed by atoms with E-state index in [9.17, 15) is 0 Å². The van der Waals surface area contributed by atoms with Gasteiger partial charge in [0.2, 0.25) is 0 Å². The molecule has 121 heavy (non-hydrogen) atoms. The summed E-state index contributed by atoms with van der Waals surface area (Å²) in [6.07, 6.45) is 0. The molecule has 17 aromatic rings. The van der Waals surface area contributed by atoms with Gasteiger partial charge >= 0.3 is 0 Å². The molecule has 0 spiro atoms. The maximum atomic E-state index is 7.44. The second-order valence-electron chi connectivity index (χ2n) is 33.9. The second-order valence-corrected chi connectivity index (χ2v) is 33.9. The molecule has 0 fully saturated rings. The van der Waals surface area contributed by atoms with Crippen LogP contribution in [-0.4, -0.2) is 26.9 Å². The van der Waals surface area contributed by atoms with Crippen LogP contribution in [0.4, 0.5) is 119 Å². The summed E-state index contributed by atoms with van der Waals surface area (Å²) < 4.78 is 14.9. The summed E-state index contributed by atoms with van der Waals surface area (Å²) >= 11 is 0. The third-order valence-corrected chi connectivity index (χ3v) is 26.6. The molecule has 0 radical (unpaired) electrons. The standard InChI is InChI=1S/C108H77B4N7O2/c1-66-33-45-74(46-34-66)113(75-47-35-67(2)36-48-75)80-57-96-104-102(59-80)120-100-31-19-15-27-84(100)111(104)88-61-86-92(63-94(88)117(96)78-53-41-70(5)42-54-78)115(72-21-9-7-10-22-72)98-65-99-107-108-106(98)109(86)82-25-13-17-29-90(82)119(108)91-30-18-14-26-83(91)110(107)87-62-89-95(64-93(87)116(99)73-23-11-8-12-24-73)118(79-55-43-71(6)44-56-79)97-58-81(60-103-105(97)112(89)85-28-16-20-32-101(85)121-103)114(76-49-37-68(3)38-50-76)77-51-39-69(4)40-52-77/h7-65H,1-6H3. The lowest BCUT2D eigenvalue weighted by molar-refractivity contribution is 0.487. The third kappa shape index (κ3) is 10.3. The molecule has 0 amide bonds. The van der Waals surface area contributed by atoms with Crippen molar-refractivity contribution >= 4 is 212 Å². The fourth-order valence-corrected chi connectivity index (χ4v) is 21.2. The number of hydrogen-bond acceptors (Lipinski definition) is 9. The zero-order chi connectivity index (χ0) is 80.3. The van der Waals surface area contributed by atoms with Crippen LogP contribution in [0, 0.1) is 41.5 Å². The fourth-order valence-electron chi connectivity index (χ4n) is 21.2. The number of ether oxygens (including phenoxy) is 2. The fraction of sp³-hybridized carbons (Fsp3) is 0.0556. The average Bonchev–Trinajstić information content (AvgIpc) is 0.662. The van der Waals surface area contributed by atoms with Crippen LogP contribution in [0.5, 0.6) is 23.0 Å². The van der Waals surface area contributed by atoms with E-state index in [1.165, 1.54) is 94.1 Å². The highest BCUT2D eigenvalue weighted by Crippen LogP contribution is 2.55. The van der Waals surface area contributed by atoms with Gasteiger partial charge in [0.15, 0.2) is 0 Å². The molecule has 0 saturated heterocycles. The van der Waals surface area contributed by atoms with Gasteiger partial charge in [0.25, 0.3) is 26.9 Å². The summed E-state index contributed by atoms with van der Waals surface area (Å²) in [6.45, 7) is 12.1. The van der Waals surface area contributed by atoms with E-state index in [-0.39, 0.29) is 26.9 Å². The average molecular weight is 1550 g/mol. The molecule has 0 aromatic heterocycles. The maximum absolute atomic E-state index is 7.44. The lowest BCUT2D eigenvalue weighted by atomic mass is 9.27. The minimum atomic E-state index is -0.234. The minimum absolute atomic E-state index is 0.220. The van der Waals surface area contributed by atoms with Gasteiger partial charge in [0.05, 0.1) is 11.4 Å². The molecule has 8 aliphatic heterocycles. The van der Waals surface area contributed by atoms with Gasteiger partial charge in [-0.2, -0.15) is 0 Å². The number of anilines is 21. The van der Waals surface area contributed by atoms with Crippen molar-refractivity contribution in [2.45, 2.75) is 41.5 Å². The number of rotatable bonds is 10. The van der Waals surface area contributed by atoms with E-state index in [1.807, 2.05) is 0 Å². The van der Waals surface area contributed by atoms with Crippen molar-refractivity contribution in [3.63, 3.8) is 0 Å². The second kappa shape index (κ2) is 26.4. The molecule has 0 N–H and O–H groups in total. The van der Waals surface area contributed by atoms with E-state index >= 15 is 0 Å². The van der Waals surface area contributed by atoms with Gasteiger partial charge in [-0.3, -0.25) is 0 Å². The first kappa shape index (κ1) is 69.3. The Morgan fingerprint density at radius 3 is 0.810 bits per heavy atom. The molecular weight excluding hydrogens is 1470 g/mol. The number of para-hydroxylation sites is 6. The molecule has 9 nitrogen and oxygen atoms in total. The van der Waals surface area contributed by atoms with Crippen LogP contribution >= 0.6 is 0 Å². The summed E-state index contributed by atoms with van der Waals surface area (Å²) in [5.74, 6) is 3.38. The molecule has 0 saturated carbocycles. The SMILES string of the molecule is Cc1ccc(N(c2ccc(C)cc2)c2cc3c4c(c2)N(c2ccc(C)cc2)c2cc5c(cc2B4c2ccccc2O3)B2c3ccccc3N3c4ccccc4B4c6cc7c(cc6N(c6ccccc6)c6cc(c2c3c64)N5c2ccccc2)N(c2ccc(C)cc2)c2cc(N(c3ccc(C)cc3)c3ccc(C)cc3)cc3c2B7c2ccccc2O3)cc1. The molecule has 8 heterocycles. The predicted octanol–water partition coefficient (Wildman–Crippen LogP) is 20.0. The molecule has 17 aromatic carbocycles. The quantitative estimate of drug-likeness (QED) is 0.125. The topological polar surface area (TPSA) is 41.1 Å². The first-order valence-corrected chi connectivity index (χ1v) is 42.2. The van der Waals surface area contributed by atoms with Crippen molar-refractivity contribution in [3.05, 3.63) is 391 Å². The number of fused-ring (bicyclic) bond motifs is 18. The Morgan fingerprint density at radius 2 is 0.463 bits per heavy atom. The van der Waals surface area contributed by atoms with E-state index in [4.69, 9.17) is 9.47 Å². The summed E-state index contributed by atoms with van der Waals surface area (Å²) in [5, 5.41) is 0. The highest BCUT2D eigenvalue weighted by molar-refractivity contribution is 7.06. The van der Waals surface area contributed by atoms with Crippen LogP contribution in [0.3, 0.4) is 0 Å². The van der Waals surface area contributed by atoms with E-state index in [0.29, 0.717) is 0 Å². The highest BCUT2D eigenvalue weighted by Gasteiger charge is 2.55. The predicted molar refractivity (Wildman–Crippen MR) is 509 cm³/mol. The van der Waals surface area contributed by atoms with Gasteiger partial charge in [-0.05, 0) is 259 Å². The molecule has 0 bridgehead atoms. The Balaban J connectivity index is 0.764. The van der Waals surface area contributed by atoms with E-state index in [1.54, 1.807) is 0 Å². The van der Waals surface area contributed by atoms with Crippen LogP contribution in [0.1, 0.15) is 33.4 Å². The first-order valence-electron chi connectivity index (χ1n) is 42.2. The van der Waals surface area contributed by atoms with Gasteiger partial charge in [0, 0.05) is 120 Å².